The van der Waals surface area contributed by atoms with E-state index in [1.807, 2.05) is 0 Å². The largest absolute Gasteiger partial charge is 0.465 e. The molecule has 0 saturated carbocycles. The number of piperidine rings is 1. The third-order valence-electron chi connectivity index (χ3n) is 4.77. The summed E-state index contributed by atoms with van der Waals surface area (Å²) in [6, 6.07) is 5.23. The second kappa shape index (κ2) is 11.2. The van der Waals surface area contributed by atoms with Gasteiger partial charge in [-0.15, -0.1) is 0 Å². The molecule has 0 spiro atoms. The zero-order valence-electron chi connectivity index (χ0n) is 15.9. The summed E-state index contributed by atoms with van der Waals surface area (Å²) >= 11 is 12.1. The highest BCUT2D eigenvalue weighted by molar-refractivity contribution is 6.33. The van der Waals surface area contributed by atoms with E-state index in [1.54, 1.807) is 18.2 Å². The quantitative estimate of drug-likeness (QED) is 0.686. The molecule has 1 fully saturated rings. The number of carbonyl (C=O) groups is 2. The van der Waals surface area contributed by atoms with Crippen LogP contribution >= 0.6 is 23.2 Å². The molecule has 8 heteroatoms. The van der Waals surface area contributed by atoms with Gasteiger partial charge in [-0.25, -0.2) is 4.79 Å². The van der Waals surface area contributed by atoms with Gasteiger partial charge in [0, 0.05) is 37.1 Å². The molecule has 0 aliphatic carbocycles. The molecule has 1 saturated heterocycles. The first-order chi connectivity index (χ1) is 13.4. The minimum atomic E-state index is -1.05. The fraction of sp³-hybridized carbons (Fsp3) is 0.500. The summed E-state index contributed by atoms with van der Waals surface area (Å²) in [7, 11) is 1.50. The molecule has 1 heterocycles. The zero-order chi connectivity index (χ0) is 20.5. The maximum Gasteiger partial charge on any atom is 0.407 e. The lowest BCUT2D eigenvalue weighted by Crippen LogP contribution is -2.44. The van der Waals surface area contributed by atoms with Crippen LogP contribution < -0.4 is 5.32 Å². The molecule has 0 unspecified atom stereocenters. The van der Waals surface area contributed by atoms with Crippen LogP contribution in [0.1, 0.15) is 24.8 Å². The van der Waals surface area contributed by atoms with Crippen LogP contribution in [-0.2, 0) is 4.79 Å². The molecule has 2 N–H and O–H groups in total. The maximum absolute atomic E-state index is 11.5. The molecule has 0 bridgehead atoms. The summed E-state index contributed by atoms with van der Waals surface area (Å²) in [5.41, 5.74) is 0.734. The molecule has 1 aromatic rings. The fourth-order valence-corrected chi connectivity index (χ4v) is 3.47. The second-order valence-electron chi connectivity index (χ2n) is 6.80. The van der Waals surface area contributed by atoms with E-state index in [4.69, 9.17) is 23.2 Å². The topological polar surface area (TPSA) is 72.9 Å². The van der Waals surface area contributed by atoms with E-state index < -0.39 is 6.09 Å². The van der Waals surface area contributed by atoms with Crippen LogP contribution in [0.4, 0.5) is 4.79 Å². The Morgan fingerprint density at radius 3 is 2.68 bits per heavy atom. The predicted octanol–water partition coefficient (Wildman–Crippen LogP) is 3.17. The number of benzene rings is 1. The number of amides is 2. The minimum absolute atomic E-state index is 0.117. The van der Waals surface area contributed by atoms with Gasteiger partial charge >= 0.3 is 6.09 Å². The molecular weight excluding hydrogens is 401 g/mol. The van der Waals surface area contributed by atoms with Crippen LogP contribution in [0, 0.1) is 17.8 Å². The predicted molar refractivity (Wildman–Crippen MR) is 111 cm³/mol. The molecular formula is C20H25Cl2N3O3. The average molecular weight is 426 g/mol. The third kappa shape index (κ3) is 7.23. The van der Waals surface area contributed by atoms with E-state index in [-0.39, 0.29) is 18.4 Å². The highest BCUT2D eigenvalue weighted by atomic mass is 35.5. The lowest BCUT2D eigenvalue weighted by atomic mass is 9.96. The van der Waals surface area contributed by atoms with Crippen LogP contribution in [0.3, 0.4) is 0 Å². The van der Waals surface area contributed by atoms with Crippen molar-refractivity contribution in [2.24, 2.45) is 5.92 Å². The maximum atomic E-state index is 11.5. The van der Waals surface area contributed by atoms with Crippen LogP contribution in [0.5, 0.6) is 0 Å². The number of nitrogens with one attached hydrogen (secondary N) is 1. The number of hydrogen-bond acceptors (Lipinski definition) is 3. The molecule has 6 nitrogen and oxygen atoms in total. The lowest BCUT2D eigenvalue weighted by molar-refractivity contribution is -0.121. The molecule has 2 amide bonds. The van der Waals surface area contributed by atoms with Gasteiger partial charge < -0.3 is 15.3 Å². The summed E-state index contributed by atoms with van der Waals surface area (Å²) in [6.07, 6.45) is 1.49. The highest BCUT2D eigenvalue weighted by Gasteiger charge is 2.24. The van der Waals surface area contributed by atoms with Crippen LogP contribution in [0.15, 0.2) is 18.2 Å². The van der Waals surface area contributed by atoms with Crippen molar-refractivity contribution in [3.05, 3.63) is 33.8 Å². The van der Waals surface area contributed by atoms with Crippen LogP contribution in [-0.4, -0.2) is 66.7 Å². The van der Waals surface area contributed by atoms with Gasteiger partial charge in [-0.1, -0.05) is 35.0 Å². The number of nitrogens with zero attached hydrogens (tertiary/aromatic N) is 2. The molecule has 0 radical (unpaired) electrons. The summed E-state index contributed by atoms with van der Waals surface area (Å²) in [5.74, 6) is 6.18. The molecule has 1 aromatic carbocycles. The van der Waals surface area contributed by atoms with Crippen molar-refractivity contribution >= 4 is 35.2 Å². The number of carboxylic acid groups (broad SMARTS) is 1. The Morgan fingerprint density at radius 2 is 2.04 bits per heavy atom. The van der Waals surface area contributed by atoms with Crippen molar-refractivity contribution in [2.75, 3.05) is 39.8 Å². The van der Waals surface area contributed by atoms with E-state index in [9.17, 15) is 14.7 Å². The molecule has 0 atom stereocenters. The number of likely N-dealkylation sites (tertiary alicyclic amines) is 1. The van der Waals surface area contributed by atoms with E-state index in [1.165, 1.54) is 11.9 Å². The number of rotatable bonds is 6. The number of likely N-dealkylation sites (N-methyl/N-ethyl adjacent to an activating group) is 1. The molecule has 1 aliphatic heterocycles. The van der Waals surface area contributed by atoms with Gasteiger partial charge in [0.15, 0.2) is 0 Å². The number of carbonyl (C=O) groups excluding carboxylic acids is 1. The first-order valence-corrected chi connectivity index (χ1v) is 9.99. The van der Waals surface area contributed by atoms with Crippen molar-refractivity contribution in [1.29, 1.82) is 0 Å². The van der Waals surface area contributed by atoms with Crippen molar-refractivity contribution < 1.29 is 14.7 Å². The number of halogens is 2. The van der Waals surface area contributed by atoms with E-state index >= 15 is 0 Å². The first kappa shape index (κ1) is 22.4. The van der Waals surface area contributed by atoms with Crippen molar-refractivity contribution in [2.45, 2.75) is 19.3 Å². The molecule has 2 rings (SSSR count). The lowest BCUT2D eigenvalue weighted by Gasteiger charge is -2.33. The molecule has 152 valence electrons. The van der Waals surface area contributed by atoms with Crippen LogP contribution in [0.2, 0.25) is 10.0 Å². The highest BCUT2D eigenvalue weighted by Crippen LogP contribution is 2.20. The smallest absolute Gasteiger partial charge is 0.407 e. The van der Waals surface area contributed by atoms with E-state index in [0.717, 1.165) is 44.5 Å². The summed E-state index contributed by atoms with van der Waals surface area (Å²) in [6.45, 7) is 2.94. The van der Waals surface area contributed by atoms with Crippen molar-refractivity contribution in [1.82, 2.24) is 15.1 Å². The van der Waals surface area contributed by atoms with Crippen molar-refractivity contribution in [3.8, 4) is 11.8 Å². The molecule has 1 aliphatic rings. The van der Waals surface area contributed by atoms with Gasteiger partial charge in [-0.05, 0) is 50.0 Å². The van der Waals surface area contributed by atoms with Gasteiger partial charge in [-0.2, -0.15) is 0 Å². The second-order valence-corrected chi connectivity index (χ2v) is 7.64. The third-order valence-corrected chi connectivity index (χ3v) is 5.34. The first-order valence-electron chi connectivity index (χ1n) is 9.23. The van der Waals surface area contributed by atoms with Crippen molar-refractivity contribution in [3.63, 3.8) is 0 Å². The average Bonchev–Trinajstić information content (AvgIpc) is 2.68. The summed E-state index contributed by atoms with van der Waals surface area (Å²) < 4.78 is 0. The van der Waals surface area contributed by atoms with Gasteiger partial charge in [0.05, 0.1) is 5.02 Å². The standard InChI is InChI=1S/C20H25Cl2N3O3/c1-23-19(26)14-25(20(27)28)13-15-7-10-24(11-8-15)9-3-2-4-16-12-17(21)5-6-18(16)22/h5-6,12,15H,3,7-11,13-14H2,1H3,(H,23,26)(H,27,28). The Hall–Kier alpha value is -1.94. The van der Waals surface area contributed by atoms with Gasteiger partial charge in [0.1, 0.15) is 6.54 Å². The van der Waals surface area contributed by atoms with Crippen LogP contribution in [0.25, 0.3) is 0 Å². The van der Waals surface area contributed by atoms with E-state index in [0.29, 0.717) is 16.6 Å². The Morgan fingerprint density at radius 1 is 1.32 bits per heavy atom. The molecule has 0 aromatic heterocycles. The van der Waals surface area contributed by atoms with Gasteiger partial charge in [0.25, 0.3) is 0 Å². The van der Waals surface area contributed by atoms with Gasteiger partial charge in [0.2, 0.25) is 5.91 Å². The zero-order valence-corrected chi connectivity index (χ0v) is 17.4. The minimum Gasteiger partial charge on any atom is -0.465 e. The van der Waals surface area contributed by atoms with E-state index in [2.05, 4.69) is 22.1 Å². The monoisotopic (exact) mass is 425 g/mol. The Bertz CT molecular complexity index is 753. The number of hydrogen-bond donors (Lipinski definition) is 2. The summed E-state index contributed by atoms with van der Waals surface area (Å²) in [5, 5.41) is 12.9. The Balaban J connectivity index is 1.75. The summed E-state index contributed by atoms with van der Waals surface area (Å²) in [4.78, 5) is 26.3. The Labute approximate surface area is 175 Å². The Kier molecular flexibility index (Phi) is 8.91. The SMILES string of the molecule is CNC(=O)CN(CC1CCN(CCC#Cc2cc(Cl)ccc2Cl)CC1)C(=O)O. The molecule has 28 heavy (non-hydrogen) atoms. The normalized spacial score (nSPS) is 14.8. The van der Waals surface area contributed by atoms with Gasteiger partial charge in [-0.3, -0.25) is 9.69 Å². The fourth-order valence-electron chi connectivity index (χ4n) is 3.13.